The van der Waals surface area contributed by atoms with E-state index in [1.165, 1.54) is 0 Å². The minimum absolute atomic E-state index is 0.304. The summed E-state index contributed by atoms with van der Waals surface area (Å²) < 4.78 is 2.49. The molecule has 0 fully saturated rings. The molecule has 1 aromatic heterocycles. The molecule has 5 nitrogen and oxygen atoms in total. The van der Waals surface area contributed by atoms with Crippen LogP contribution in [0.2, 0.25) is 0 Å². The Labute approximate surface area is 157 Å². The molecule has 3 rings (SSSR count). The average molecular weight is 367 g/mol. The first kappa shape index (κ1) is 18.1. The maximum Gasteiger partial charge on any atom is 0.336 e. The number of nitrogens with zero attached hydrogens (tertiary/aromatic N) is 2. The minimum Gasteiger partial charge on any atom is -0.478 e. The minimum atomic E-state index is -0.922. The van der Waals surface area contributed by atoms with Gasteiger partial charge in [0.1, 0.15) is 5.82 Å². The van der Waals surface area contributed by atoms with Gasteiger partial charge in [-0.15, -0.1) is 0 Å². The Morgan fingerprint density at radius 3 is 2.54 bits per heavy atom. The number of aromatic carboxylic acids is 1. The lowest BCUT2D eigenvalue weighted by Crippen LogP contribution is -2.10. The molecule has 3 aromatic rings. The van der Waals surface area contributed by atoms with Gasteiger partial charge in [0.25, 0.3) is 0 Å². The van der Waals surface area contributed by atoms with E-state index < -0.39 is 5.97 Å². The molecule has 0 aliphatic carbocycles. The van der Waals surface area contributed by atoms with Crippen LogP contribution in [0.4, 0.5) is 0 Å². The molecule has 26 heavy (non-hydrogen) atoms. The molecule has 0 bridgehead atoms. The topological polar surface area (TPSA) is 70.9 Å². The quantitative estimate of drug-likeness (QED) is 0.627. The third-order valence-corrected chi connectivity index (χ3v) is 4.29. The lowest BCUT2D eigenvalue weighted by molar-refractivity contribution is 0.0697. The van der Waals surface area contributed by atoms with Gasteiger partial charge >= 0.3 is 5.97 Å². The molecule has 0 aliphatic rings. The normalized spacial score (nSPS) is 11.0. The molecule has 0 spiro atoms. The molecule has 0 saturated carbocycles. The number of benzene rings is 2. The fraction of sp³-hybridized carbons (Fsp3) is 0.250. The summed E-state index contributed by atoms with van der Waals surface area (Å²) in [7, 11) is 0. The molecule has 1 heterocycles. The monoisotopic (exact) mass is 367 g/mol. The summed E-state index contributed by atoms with van der Waals surface area (Å²) in [5.74, 6) is 0.472. The summed E-state index contributed by atoms with van der Waals surface area (Å²) in [4.78, 5) is 15.8. The van der Waals surface area contributed by atoms with Crippen LogP contribution in [0.3, 0.4) is 0 Å². The molecule has 0 radical (unpaired) electrons. The Hall–Kier alpha value is -2.73. The number of aromatic nitrogens is 3. The van der Waals surface area contributed by atoms with Gasteiger partial charge in [0.2, 0.25) is 4.77 Å². The molecule has 6 heteroatoms. The number of H-pyrrole nitrogens is 1. The Kier molecular flexibility index (Phi) is 5.32. The summed E-state index contributed by atoms with van der Waals surface area (Å²) in [6.45, 7) is 5.13. The van der Waals surface area contributed by atoms with Gasteiger partial charge in [0, 0.05) is 13.0 Å². The van der Waals surface area contributed by atoms with Crippen molar-refractivity contribution in [2.45, 2.75) is 26.8 Å². The maximum absolute atomic E-state index is 11.4. The van der Waals surface area contributed by atoms with E-state index >= 15 is 0 Å². The van der Waals surface area contributed by atoms with Gasteiger partial charge in [-0.3, -0.25) is 9.78 Å². The molecule has 0 saturated heterocycles. The highest BCUT2D eigenvalue weighted by molar-refractivity contribution is 7.71. The second kappa shape index (κ2) is 7.66. The summed E-state index contributed by atoms with van der Waals surface area (Å²) >= 11 is 5.17. The van der Waals surface area contributed by atoms with E-state index in [4.69, 9.17) is 12.2 Å². The first-order valence-electron chi connectivity index (χ1n) is 8.51. The van der Waals surface area contributed by atoms with Crippen molar-refractivity contribution in [2.75, 3.05) is 0 Å². The van der Waals surface area contributed by atoms with Crippen LogP contribution >= 0.6 is 12.2 Å². The maximum atomic E-state index is 11.4. The Morgan fingerprint density at radius 2 is 1.88 bits per heavy atom. The number of carbonyl (C=O) groups is 1. The van der Waals surface area contributed by atoms with Crippen LogP contribution in [0.25, 0.3) is 11.1 Å². The number of hydrogen-bond acceptors (Lipinski definition) is 3. The zero-order valence-electron chi connectivity index (χ0n) is 14.8. The van der Waals surface area contributed by atoms with Gasteiger partial charge in [-0.05, 0) is 40.9 Å². The molecular weight excluding hydrogens is 346 g/mol. The van der Waals surface area contributed by atoms with Gasteiger partial charge in [-0.1, -0.05) is 56.3 Å². The predicted molar refractivity (Wildman–Crippen MR) is 104 cm³/mol. The van der Waals surface area contributed by atoms with Gasteiger partial charge in [-0.25, -0.2) is 9.78 Å². The Bertz CT molecular complexity index is 971. The number of hydrogen-bond donors (Lipinski definition) is 2. The van der Waals surface area contributed by atoms with Crippen LogP contribution in [-0.4, -0.2) is 25.8 Å². The van der Waals surface area contributed by atoms with E-state index in [1.807, 2.05) is 41.1 Å². The molecule has 0 aliphatic heterocycles. The zero-order chi connectivity index (χ0) is 18.7. The van der Waals surface area contributed by atoms with Gasteiger partial charge in [-0.2, -0.15) is 0 Å². The van der Waals surface area contributed by atoms with Crippen LogP contribution in [0.5, 0.6) is 0 Å². The van der Waals surface area contributed by atoms with Gasteiger partial charge < -0.3 is 5.11 Å². The molecule has 0 atom stereocenters. The molecule has 0 amide bonds. The SMILES string of the molecule is CC(C)Cn1[nH]c(=S)nc1Cc1ccc(-c2ccccc2C(=O)O)cc1. The highest BCUT2D eigenvalue weighted by Crippen LogP contribution is 2.24. The molecule has 134 valence electrons. The van der Waals surface area contributed by atoms with Crippen LogP contribution in [0, 0.1) is 10.7 Å². The van der Waals surface area contributed by atoms with Crippen molar-refractivity contribution in [3.8, 4) is 11.1 Å². The number of rotatable bonds is 6. The molecule has 0 unspecified atom stereocenters. The standard InChI is InChI=1S/C20H21N3O2S/c1-13(2)12-23-18(21-20(26)22-23)11-14-7-9-15(10-8-14)16-5-3-4-6-17(16)19(24)25/h3-10,13H,11-12H2,1-2H3,(H,22,26)(H,24,25). The molecule has 2 aromatic carbocycles. The van der Waals surface area contributed by atoms with E-state index in [1.54, 1.807) is 12.1 Å². The lowest BCUT2D eigenvalue weighted by Gasteiger charge is -2.10. The van der Waals surface area contributed by atoms with Crippen LogP contribution in [-0.2, 0) is 13.0 Å². The second-order valence-corrected chi connectivity index (χ2v) is 7.06. The average Bonchev–Trinajstić information content (AvgIpc) is 2.94. The Balaban J connectivity index is 1.86. The fourth-order valence-electron chi connectivity index (χ4n) is 2.94. The van der Waals surface area contributed by atoms with Crippen LogP contribution in [0.15, 0.2) is 48.5 Å². The van der Waals surface area contributed by atoms with Crippen molar-refractivity contribution in [1.82, 2.24) is 14.8 Å². The van der Waals surface area contributed by atoms with E-state index in [-0.39, 0.29) is 0 Å². The number of nitrogens with one attached hydrogen (secondary N) is 1. The largest absolute Gasteiger partial charge is 0.478 e. The summed E-state index contributed by atoms with van der Waals surface area (Å²) in [6.07, 6.45) is 0.667. The van der Waals surface area contributed by atoms with Crippen molar-refractivity contribution in [3.05, 3.63) is 70.3 Å². The van der Waals surface area contributed by atoms with Crippen LogP contribution < -0.4 is 0 Å². The molecule has 2 N–H and O–H groups in total. The smallest absolute Gasteiger partial charge is 0.336 e. The van der Waals surface area contributed by atoms with Crippen molar-refractivity contribution in [3.63, 3.8) is 0 Å². The fourth-order valence-corrected chi connectivity index (χ4v) is 3.16. The first-order valence-corrected chi connectivity index (χ1v) is 8.92. The van der Waals surface area contributed by atoms with Gasteiger partial charge in [0.15, 0.2) is 0 Å². The number of carboxylic acid groups (broad SMARTS) is 1. The van der Waals surface area contributed by atoms with Crippen molar-refractivity contribution >= 4 is 18.2 Å². The highest BCUT2D eigenvalue weighted by Gasteiger charge is 2.12. The zero-order valence-corrected chi connectivity index (χ0v) is 15.6. The van der Waals surface area contributed by atoms with Crippen molar-refractivity contribution in [1.29, 1.82) is 0 Å². The third-order valence-electron chi connectivity index (χ3n) is 4.11. The van der Waals surface area contributed by atoms with E-state index in [0.29, 0.717) is 28.2 Å². The summed E-state index contributed by atoms with van der Waals surface area (Å²) in [5.41, 5.74) is 3.00. The van der Waals surface area contributed by atoms with Crippen LogP contribution in [0.1, 0.15) is 35.6 Å². The molecular formula is C20H21N3O2S. The van der Waals surface area contributed by atoms with Gasteiger partial charge in [0.05, 0.1) is 5.56 Å². The lowest BCUT2D eigenvalue weighted by atomic mass is 9.98. The number of carboxylic acids is 1. The first-order chi connectivity index (χ1) is 12.4. The number of aromatic amines is 1. The highest BCUT2D eigenvalue weighted by atomic mass is 32.1. The van der Waals surface area contributed by atoms with E-state index in [9.17, 15) is 9.90 Å². The van der Waals surface area contributed by atoms with E-state index in [0.717, 1.165) is 23.5 Å². The second-order valence-electron chi connectivity index (χ2n) is 6.67. The summed E-state index contributed by atoms with van der Waals surface area (Å²) in [5, 5.41) is 12.5. The predicted octanol–water partition coefficient (Wildman–Crippen LogP) is 4.55. The third kappa shape index (κ3) is 4.08. The Morgan fingerprint density at radius 1 is 1.19 bits per heavy atom. The van der Waals surface area contributed by atoms with Crippen molar-refractivity contribution in [2.24, 2.45) is 5.92 Å². The van der Waals surface area contributed by atoms with Crippen molar-refractivity contribution < 1.29 is 9.90 Å². The van der Waals surface area contributed by atoms with E-state index in [2.05, 4.69) is 23.9 Å². The summed E-state index contributed by atoms with van der Waals surface area (Å²) in [6, 6.07) is 14.9.